The summed E-state index contributed by atoms with van der Waals surface area (Å²) >= 11 is 6.21. The minimum atomic E-state index is -0.0654. The molecule has 6 heteroatoms. The molecule has 0 aliphatic heterocycles. The van der Waals surface area contributed by atoms with Gasteiger partial charge in [0.25, 0.3) is 5.91 Å². The number of carbonyl (C=O) groups is 1. The lowest BCUT2D eigenvalue weighted by molar-refractivity contribution is 0.0517. The zero-order chi connectivity index (χ0) is 14.8. The zero-order valence-corrected chi connectivity index (χ0v) is 12.3. The highest BCUT2D eigenvalue weighted by Crippen LogP contribution is 2.28. The van der Waals surface area contributed by atoms with Crippen LogP contribution < -0.4 is 5.73 Å². The highest BCUT2D eigenvalue weighted by molar-refractivity contribution is 6.31. The van der Waals surface area contributed by atoms with Crippen LogP contribution in [0.1, 0.15) is 28.9 Å². The standard InChI is InChI=1S/C15H17ClN4O/c16-13-4-2-1-3-10(13)9-20(12-7-11(17)8-12)15(21)14-5-6-18-19-14/h1-6,11-12H,7-9,17H2,(H,18,19). The number of benzene rings is 1. The molecule has 1 saturated carbocycles. The first-order chi connectivity index (χ1) is 10.1. The van der Waals surface area contributed by atoms with Gasteiger partial charge >= 0.3 is 0 Å². The number of halogens is 1. The maximum absolute atomic E-state index is 12.6. The molecule has 0 spiro atoms. The first kappa shape index (κ1) is 14.1. The molecule has 1 aromatic carbocycles. The van der Waals surface area contributed by atoms with E-state index in [0.29, 0.717) is 17.3 Å². The summed E-state index contributed by atoms with van der Waals surface area (Å²) < 4.78 is 0. The summed E-state index contributed by atoms with van der Waals surface area (Å²) in [6, 6.07) is 9.60. The number of nitrogens with one attached hydrogen (secondary N) is 1. The highest BCUT2D eigenvalue weighted by atomic mass is 35.5. The molecular formula is C15H17ClN4O. The molecule has 1 amide bonds. The van der Waals surface area contributed by atoms with Gasteiger partial charge in [-0.05, 0) is 30.5 Å². The smallest absolute Gasteiger partial charge is 0.272 e. The first-order valence-electron chi connectivity index (χ1n) is 6.94. The summed E-state index contributed by atoms with van der Waals surface area (Å²) in [5.41, 5.74) is 7.29. The average Bonchev–Trinajstić information content (AvgIpc) is 2.97. The molecule has 21 heavy (non-hydrogen) atoms. The molecule has 2 aromatic rings. The van der Waals surface area contributed by atoms with Gasteiger partial charge in [-0.2, -0.15) is 5.10 Å². The fourth-order valence-electron chi connectivity index (χ4n) is 2.59. The van der Waals surface area contributed by atoms with Gasteiger partial charge in [0.2, 0.25) is 0 Å². The molecule has 3 N–H and O–H groups in total. The molecule has 3 rings (SSSR count). The maximum Gasteiger partial charge on any atom is 0.272 e. The summed E-state index contributed by atoms with van der Waals surface area (Å²) in [5.74, 6) is -0.0654. The zero-order valence-electron chi connectivity index (χ0n) is 11.5. The predicted molar refractivity (Wildman–Crippen MR) is 80.9 cm³/mol. The van der Waals surface area contributed by atoms with E-state index in [1.807, 2.05) is 29.2 Å². The van der Waals surface area contributed by atoms with Crippen molar-refractivity contribution in [1.29, 1.82) is 0 Å². The summed E-state index contributed by atoms with van der Waals surface area (Å²) in [6.07, 6.45) is 3.22. The molecule has 1 aliphatic rings. The van der Waals surface area contributed by atoms with Gasteiger partial charge in [0.15, 0.2) is 0 Å². The van der Waals surface area contributed by atoms with Crippen LogP contribution in [0.15, 0.2) is 36.5 Å². The van der Waals surface area contributed by atoms with Crippen molar-refractivity contribution in [2.45, 2.75) is 31.5 Å². The molecule has 1 aliphatic carbocycles. The van der Waals surface area contributed by atoms with Crippen LogP contribution in [0.5, 0.6) is 0 Å². The van der Waals surface area contributed by atoms with Crippen LogP contribution in [0, 0.1) is 0 Å². The predicted octanol–water partition coefficient (Wildman–Crippen LogP) is 2.20. The normalized spacial score (nSPS) is 20.9. The lowest BCUT2D eigenvalue weighted by atomic mass is 9.86. The molecular weight excluding hydrogens is 288 g/mol. The monoisotopic (exact) mass is 304 g/mol. The van der Waals surface area contributed by atoms with Crippen LogP contribution in [-0.4, -0.2) is 33.1 Å². The minimum absolute atomic E-state index is 0.0654. The van der Waals surface area contributed by atoms with Crippen molar-refractivity contribution in [2.24, 2.45) is 5.73 Å². The lowest BCUT2D eigenvalue weighted by Crippen LogP contribution is -2.52. The minimum Gasteiger partial charge on any atom is -0.330 e. The Morgan fingerprint density at radius 3 is 2.76 bits per heavy atom. The quantitative estimate of drug-likeness (QED) is 0.909. The molecule has 110 valence electrons. The van der Waals surface area contributed by atoms with Crippen molar-refractivity contribution in [3.8, 4) is 0 Å². The highest BCUT2D eigenvalue weighted by Gasteiger charge is 2.35. The van der Waals surface area contributed by atoms with Crippen molar-refractivity contribution in [3.05, 3.63) is 52.8 Å². The fourth-order valence-corrected chi connectivity index (χ4v) is 2.79. The second kappa shape index (κ2) is 5.87. The number of aromatic nitrogens is 2. The van der Waals surface area contributed by atoms with E-state index < -0.39 is 0 Å². The van der Waals surface area contributed by atoms with Crippen LogP contribution >= 0.6 is 11.6 Å². The Kier molecular flexibility index (Phi) is 3.94. The number of carbonyl (C=O) groups excluding carboxylic acids is 1. The van der Waals surface area contributed by atoms with Gasteiger partial charge in [-0.3, -0.25) is 9.89 Å². The first-order valence-corrected chi connectivity index (χ1v) is 7.32. The van der Waals surface area contributed by atoms with Crippen LogP contribution in [0.4, 0.5) is 0 Å². The molecule has 5 nitrogen and oxygen atoms in total. The van der Waals surface area contributed by atoms with Crippen molar-refractivity contribution in [2.75, 3.05) is 0 Å². The van der Waals surface area contributed by atoms with Gasteiger partial charge in [0, 0.05) is 29.8 Å². The lowest BCUT2D eigenvalue weighted by Gasteiger charge is -2.41. The van der Waals surface area contributed by atoms with Gasteiger partial charge in [-0.1, -0.05) is 29.8 Å². The van der Waals surface area contributed by atoms with Crippen molar-refractivity contribution in [3.63, 3.8) is 0 Å². The van der Waals surface area contributed by atoms with E-state index >= 15 is 0 Å². The third-order valence-corrected chi connectivity index (χ3v) is 4.25. The summed E-state index contributed by atoms with van der Waals surface area (Å²) in [4.78, 5) is 14.5. The number of amides is 1. The maximum atomic E-state index is 12.6. The van der Waals surface area contributed by atoms with Crippen molar-refractivity contribution < 1.29 is 4.79 Å². The number of nitrogens with zero attached hydrogens (tertiary/aromatic N) is 2. The number of hydrogen-bond acceptors (Lipinski definition) is 3. The van der Waals surface area contributed by atoms with Gasteiger partial charge in [-0.25, -0.2) is 0 Å². The molecule has 1 heterocycles. The third-order valence-electron chi connectivity index (χ3n) is 3.88. The van der Waals surface area contributed by atoms with Crippen LogP contribution in [-0.2, 0) is 6.54 Å². The second-order valence-electron chi connectivity index (χ2n) is 5.38. The Morgan fingerprint density at radius 1 is 1.38 bits per heavy atom. The van der Waals surface area contributed by atoms with E-state index in [0.717, 1.165) is 18.4 Å². The molecule has 0 atom stereocenters. The topological polar surface area (TPSA) is 75.0 Å². The summed E-state index contributed by atoms with van der Waals surface area (Å²) in [6.45, 7) is 0.481. The number of rotatable bonds is 4. The number of aromatic amines is 1. The van der Waals surface area contributed by atoms with Crippen LogP contribution in [0.3, 0.4) is 0 Å². The number of hydrogen-bond donors (Lipinski definition) is 2. The van der Waals surface area contributed by atoms with Crippen molar-refractivity contribution >= 4 is 17.5 Å². The molecule has 0 unspecified atom stereocenters. The molecule has 0 radical (unpaired) electrons. The Bertz CT molecular complexity index is 622. The SMILES string of the molecule is NC1CC(N(Cc2ccccc2Cl)C(=O)c2ccn[nH]2)C1. The Morgan fingerprint density at radius 2 is 2.14 bits per heavy atom. The summed E-state index contributed by atoms with van der Waals surface area (Å²) in [5, 5.41) is 7.24. The molecule has 0 bridgehead atoms. The Labute approximate surface area is 128 Å². The van der Waals surface area contributed by atoms with E-state index in [4.69, 9.17) is 17.3 Å². The van der Waals surface area contributed by atoms with Crippen molar-refractivity contribution in [1.82, 2.24) is 15.1 Å². The Balaban J connectivity index is 1.83. The third kappa shape index (κ3) is 2.94. The van der Waals surface area contributed by atoms with Crippen LogP contribution in [0.25, 0.3) is 0 Å². The number of nitrogens with two attached hydrogens (primary N) is 1. The van der Waals surface area contributed by atoms with Crippen LogP contribution in [0.2, 0.25) is 5.02 Å². The summed E-state index contributed by atoms with van der Waals surface area (Å²) in [7, 11) is 0. The van der Waals surface area contributed by atoms with E-state index in [2.05, 4.69) is 10.2 Å². The average molecular weight is 305 g/mol. The number of H-pyrrole nitrogens is 1. The fraction of sp³-hybridized carbons (Fsp3) is 0.333. The largest absolute Gasteiger partial charge is 0.330 e. The van der Waals surface area contributed by atoms with Gasteiger partial charge in [-0.15, -0.1) is 0 Å². The van der Waals surface area contributed by atoms with E-state index in [9.17, 15) is 4.79 Å². The van der Waals surface area contributed by atoms with E-state index in [-0.39, 0.29) is 18.0 Å². The second-order valence-corrected chi connectivity index (χ2v) is 5.79. The van der Waals surface area contributed by atoms with E-state index in [1.54, 1.807) is 12.3 Å². The molecule has 1 aromatic heterocycles. The van der Waals surface area contributed by atoms with E-state index in [1.165, 1.54) is 0 Å². The molecule has 0 saturated heterocycles. The van der Waals surface area contributed by atoms with Gasteiger partial charge in [0.1, 0.15) is 5.69 Å². The van der Waals surface area contributed by atoms with Gasteiger partial charge in [0.05, 0.1) is 0 Å². The molecule has 1 fully saturated rings. The van der Waals surface area contributed by atoms with Gasteiger partial charge < -0.3 is 10.6 Å². The Hall–Kier alpha value is -1.85.